The zero-order valence-electron chi connectivity index (χ0n) is 12.7. The van der Waals surface area contributed by atoms with Crippen LogP contribution < -0.4 is 11.2 Å². The molecule has 2 heterocycles. The average molecular weight is 312 g/mol. The summed E-state index contributed by atoms with van der Waals surface area (Å²) in [4.78, 5) is 37.0. The van der Waals surface area contributed by atoms with Crippen molar-refractivity contribution in [2.75, 3.05) is 0 Å². The number of aromatic amines is 1. The molecule has 1 aromatic rings. The van der Waals surface area contributed by atoms with Crippen LogP contribution in [0.3, 0.4) is 0 Å². The van der Waals surface area contributed by atoms with Crippen LogP contribution in [-0.4, -0.2) is 32.8 Å². The Morgan fingerprint density at radius 1 is 1.50 bits per heavy atom. The molecule has 2 N–H and O–H groups in total. The van der Waals surface area contributed by atoms with Crippen molar-refractivity contribution in [3.63, 3.8) is 0 Å². The van der Waals surface area contributed by atoms with E-state index >= 15 is 0 Å². The average Bonchev–Trinajstić information content (AvgIpc) is 2.75. The summed E-state index contributed by atoms with van der Waals surface area (Å²) in [6.07, 6.45) is 0.287. The van der Waals surface area contributed by atoms with E-state index < -0.39 is 36.2 Å². The van der Waals surface area contributed by atoms with Gasteiger partial charge in [0.25, 0.3) is 5.56 Å². The number of hydrogen-bond donors (Lipinski definition) is 2. The van der Waals surface area contributed by atoms with Crippen LogP contribution in [0.25, 0.3) is 0 Å². The fourth-order valence-corrected chi connectivity index (χ4v) is 2.73. The van der Waals surface area contributed by atoms with Gasteiger partial charge in [0.1, 0.15) is 0 Å². The molecule has 122 valence electrons. The summed E-state index contributed by atoms with van der Waals surface area (Å²) in [5, 5.41) is 9.18. The third-order valence-corrected chi connectivity index (χ3v) is 3.89. The fraction of sp³-hybridized carbons (Fsp3) is 0.643. The molecule has 0 aliphatic carbocycles. The maximum atomic E-state index is 12.0. The highest BCUT2D eigenvalue weighted by molar-refractivity contribution is 5.66. The van der Waals surface area contributed by atoms with E-state index in [1.807, 2.05) is 13.8 Å². The highest BCUT2D eigenvalue weighted by atomic mass is 16.6. The first-order valence-electron chi connectivity index (χ1n) is 7.16. The van der Waals surface area contributed by atoms with Crippen molar-refractivity contribution < 1.29 is 19.4 Å². The predicted octanol–water partition coefficient (Wildman–Crippen LogP) is -0.0959. The smallest absolute Gasteiger partial charge is 0.330 e. The number of hydrogen-bond acceptors (Lipinski definition) is 6. The lowest BCUT2D eigenvalue weighted by Crippen LogP contribution is -2.39. The Bertz CT molecular complexity index is 664. The molecule has 2 rings (SSSR count). The summed E-state index contributed by atoms with van der Waals surface area (Å²) in [6.45, 7) is 4.60. The number of aliphatic hydroxyl groups is 1. The first-order valence-corrected chi connectivity index (χ1v) is 7.16. The molecule has 22 heavy (non-hydrogen) atoms. The van der Waals surface area contributed by atoms with Crippen LogP contribution in [0, 0.1) is 5.92 Å². The molecule has 0 radical (unpaired) electrons. The number of aliphatic hydroxyl groups excluding tert-OH is 1. The van der Waals surface area contributed by atoms with E-state index in [9.17, 15) is 19.5 Å². The lowest BCUT2D eigenvalue weighted by molar-refractivity contribution is -0.153. The Balaban J connectivity index is 2.46. The maximum absolute atomic E-state index is 12.0. The van der Waals surface area contributed by atoms with Crippen LogP contribution >= 0.6 is 0 Å². The van der Waals surface area contributed by atoms with Crippen molar-refractivity contribution in [1.82, 2.24) is 9.55 Å². The van der Waals surface area contributed by atoms with E-state index in [2.05, 4.69) is 4.98 Å². The van der Waals surface area contributed by atoms with Crippen LogP contribution in [0.1, 0.15) is 39.0 Å². The Kier molecular flexibility index (Phi) is 4.82. The fourth-order valence-electron chi connectivity index (χ4n) is 2.73. The second-order valence-corrected chi connectivity index (χ2v) is 5.39. The molecule has 1 fully saturated rings. The van der Waals surface area contributed by atoms with E-state index in [-0.39, 0.29) is 17.6 Å². The first-order chi connectivity index (χ1) is 10.4. The minimum absolute atomic E-state index is 0.0392. The van der Waals surface area contributed by atoms with Crippen molar-refractivity contribution in [2.24, 2.45) is 5.92 Å². The number of ether oxygens (including phenoxy) is 2. The summed E-state index contributed by atoms with van der Waals surface area (Å²) in [5.74, 6) is -0.572. The largest absolute Gasteiger partial charge is 0.457 e. The van der Waals surface area contributed by atoms with Gasteiger partial charge >= 0.3 is 11.7 Å². The van der Waals surface area contributed by atoms with Crippen molar-refractivity contribution >= 4 is 5.97 Å². The first kappa shape index (κ1) is 16.4. The molecule has 8 heteroatoms. The SMILES string of the molecule is CC[C@H]1O[C@@H](n2cc(CO)c(=O)[nH]c2=O)C(OC(C)=O)[C@H]1C. The van der Waals surface area contributed by atoms with Crippen molar-refractivity contribution in [1.29, 1.82) is 0 Å². The van der Waals surface area contributed by atoms with E-state index in [4.69, 9.17) is 9.47 Å². The maximum Gasteiger partial charge on any atom is 0.330 e. The van der Waals surface area contributed by atoms with Crippen LogP contribution in [0.5, 0.6) is 0 Å². The minimum Gasteiger partial charge on any atom is -0.457 e. The van der Waals surface area contributed by atoms with Gasteiger partial charge < -0.3 is 14.6 Å². The molecule has 1 aliphatic rings. The molecule has 1 unspecified atom stereocenters. The minimum atomic E-state index is -0.835. The Labute approximate surface area is 126 Å². The number of carbonyl (C=O) groups is 1. The van der Waals surface area contributed by atoms with Crippen LogP contribution in [0.2, 0.25) is 0 Å². The molecule has 0 bridgehead atoms. The summed E-state index contributed by atoms with van der Waals surface area (Å²) in [6, 6.07) is 0. The summed E-state index contributed by atoms with van der Waals surface area (Å²) in [7, 11) is 0. The molecule has 0 spiro atoms. The molecule has 0 aromatic carbocycles. The van der Waals surface area contributed by atoms with Crippen molar-refractivity contribution in [2.45, 2.75) is 52.2 Å². The number of carbonyl (C=O) groups excluding carboxylic acids is 1. The van der Waals surface area contributed by atoms with Gasteiger partial charge in [-0.3, -0.25) is 19.1 Å². The monoisotopic (exact) mass is 312 g/mol. The summed E-state index contributed by atoms with van der Waals surface area (Å²) in [5.41, 5.74) is -1.28. The number of esters is 1. The number of H-pyrrole nitrogens is 1. The highest BCUT2D eigenvalue weighted by Gasteiger charge is 2.44. The molecule has 1 aromatic heterocycles. The third-order valence-electron chi connectivity index (χ3n) is 3.89. The molecule has 8 nitrogen and oxygen atoms in total. The normalized spacial score (nSPS) is 27.8. The highest BCUT2D eigenvalue weighted by Crippen LogP contribution is 2.36. The van der Waals surface area contributed by atoms with Gasteiger partial charge in [-0.1, -0.05) is 13.8 Å². The van der Waals surface area contributed by atoms with Crippen molar-refractivity contribution in [3.05, 3.63) is 32.6 Å². The van der Waals surface area contributed by atoms with Gasteiger partial charge in [0.15, 0.2) is 12.3 Å². The number of aromatic nitrogens is 2. The van der Waals surface area contributed by atoms with E-state index in [0.29, 0.717) is 6.42 Å². The van der Waals surface area contributed by atoms with Gasteiger partial charge in [0.05, 0.1) is 18.3 Å². The summed E-state index contributed by atoms with van der Waals surface area (Å²) >= 11 is 0. The summed E-state index contributed by atoms with van der Waals surface area (Å²) < 4.78 is 12.3. The Morgan fingerprint density at radius 3 is 2.73 bits per heavy atom. The lowest BCUT2D eigenvalue weighted by atomic mass is 9.98. The predicted molar refractivity (Wildman–Crippen MR) is 76.2 cm³/mol. The van der Waals surface area contributed by atoms with Gasteiger partial charge in [0, 0.05) is 19.0 Å². The van der Waals surface area contributed by atoms with Gasteiger partial charge in [-0.2, -0.15) is 0 Å². The zero-order chi connectivity index (χ0) is 16.4. The third kappa shape index (κ3) is 2.97. The molecule has 1 aliphatic heterocycles. The van der Waals surface area contributed by atoms with Crippen LogP contribution in [0.4, 0.5) is 0 Å². The molecule has 1 saturated heterocycles. The molecular weight excluding hydrogens is 292 g/mol. The number of nitrogens with zero attached hydrogens (tertiary/aromatic N) is 1. The van der Waals surface area contributed by atoms with E-state index in [1.54, 1.807) is 0 Å². The topological polar surface area (TPSA) is 111 Å². The molecular formula is C14H20N2O6. The van der Waals surface area contributed by atoms with Crippen LogP contribution in [0.15, 0.2) is 15.8 Å². The van der Waals surface area contributed by atoms with E-state index in [1.165, 1.54) is 13.1 Å². The molecule has 0 amide bonds. The molecule has 4 atom stereocenters. The van der Waals surface area contributed by atoms with Gasteiger partial charge in [0.2, 0.25) is 0 Å². The lowest BCUT2D eigenvalue weighted by Gasteiger charge is -2.22. The van der Waals surface area contributed by atoms with Gasteiger partial charge in [-0.15, -0.1) is 0 Å². The van der Waals surface area contributed by atoms with Gasteiger partial charge in [-0.25, -0.2) is 4.79 Å². The Hall–Kier alpha value is -1.93. The van der Waals surface area contributed by atoms with Gasteiger partial charge in [-0.05, 0) is 6.42 Å². The Morgan fingerprint density at radius 2 is 2.18 bits per heavy atom. The molecule has 0 saturated carbocycles. The van der Waals surface area contributed by atoms with E-state index in [0.717, 1.165) is 4.57 Å². The zero-order valence-corrected chi connectivity index (χ0v) is 12.7. The van der Waals surface area contributed by atoms with Crippen molar-refractivity contribution in [3.8, 4) is 0 Å². The van der Waals surface area contributed by atoms with Crippen LogP contribution in [-0.2, 0) is 20.9 Å². The standard InChI is InChI=1S/C14H20N2O6/c1-4-10-7(2)11(21-8(3)18)13(22-10)16-5-9(6-17)12(19)15-14(16)20/h5,7,10-11,13,17H,4,6H2,1-3H3,(H,15,19,20)/t7-,10+,11?,13+/m0/s1. The second kappa shape index (κ2) is 6.45. The number of nitrogens with one attached hydrogen (secondary N) is 1. The number of rotatable bonds is 4. The quantitative estimate of drug-likeness (QED) is 0.751. The second-order valence-electron chi connectivity index (χ2n) is 5.39.